The average molecular weight is 206 g/mol. The number of halogens is 2. The third kappa shape index (κ3) is 1.83. The van der Waals surface area contributed by atoms with Crippen molar-refractivity contribution in [2.75, 3.05) is 0 Å². The van der Waals surface area contributed by atoms with Gasteiger partial charge < -0.3 is 10.8 Å². The van der Waals surface area contributed by atoms with Crippen molar-refractivity contribution in [1.82, 2.24) is 0 Å². The third-order valence-electron chi connectivity index (χ3n) is 1.57. The number of benzene rings is 1. The Balaban J connectivity index is 3.21. The van der Waals surface area contributed by atoms with Gasteiger partial charge in [0, 0.05) is 6.04 Å². The lowest BCUT2D eigenvalue weighted by atomic mass is 10.1. The lowest BCUT2D eigenvalue weighted by Crippen LogP contribution is -2.04. The molecular formula is C8H9Cl2NO. The molecule has 0 aliphatic rings. The standard InChI is InChI=1S/C8H9Cl2NO/c1-4(11)5-2-6(9)8(12)7(10)3-5/h2-4,12H,11H2,1H3. The van der Waals surface area contributed by atoms with Gasteiger partial charge in [-0.3, -0.25) is 0 Å². The quantitative estimate of drug-likeness (QED) is 0.741. The number of aromatic hydroxyl groups is 1. The number of phenolic OH excluding ortho intramolecular Hbond substituents is 1. The highest BCUT2D eigenvalue weighted by molar-refractivity contribution is 6.37. The Morgan fingerprint density at radius 3 is 2.08 bits per heavy atom. The lowest BCUT2D eigenvalue weighted by Gasteiger charge is -2.07. The third-order valence-corrected chi connectivity index (χ3v) is 2.14. The molecule has 3 N–H and O–H groups in total. The number of hydrogen-bond acceptors (Lipinski definition) is 2. The highest BCUT2D eigenvalue weighted by Gasteiger charge is 2.08. The van der Waals surface area contributed by atoms with E-state index in [-0.39, 0.29) is 21.8 Å². The van der Waals surface area contributed by atoms with Crippen molar-refractivity contribution in [3.63, 3.8) is 0 Å². The molecule has 0 heterocycles. The maximum atomic E-state index is 9.21. The van der Waals surface area contributed by atoms with Crippen LogP contribution >= 0.6 is 23.2 Å². The van der Waals surface area contributed by atoms with E-state index < -0.39 is 0 Å². The summed E-state index contributed by atoms with van der Waals surface area (Å²) in [6.45, 7) is 1.82. The summed E-state index contributed by atoms with van der Waals surface area (Å²) < 4.78 is 0. The molecule has 1 atom stereocenters. The topological polar surface area (TPSA) is 46.2 Å². The van der Waals surface area contributed by atoms with Gasteiger partial charge in [0.1, 0.15) is 0 Å². The van der Waals surface area contributed by atoms with Crippen LogP contribution in [0.25, 0.3) is 0 Å². The van der Waals surface area contributed by atoms with Crippen LogP contribution in [0.4, 0.5) is 0 Å². The predicted molar refractivity (Wildman–Crippen MR) is 50.7 cm³/mol. The molecule has 1 aromatic carbocycles. The minimum absolute atomic E-state index is 0.0947. The highest BCUT2D eigenvalue weighted by atomic mass is 35.5. The number of nitrogens with two attached hydrogens (primary N) is 1. The Hall–Kier alpha value is -0.440. The molecule has 0 aromatic heterocycles. The van der Waals surface area contributed by atoms with Gasteiger partial charge in [-0.25, -0.2) is 0 Å². The van der Waals surface area contributed by atoms with Crippen LogP contribution in [-0.4, -0.2) is 5.11 Å². The van der Waals surface area contributed by atoms with Gasteiger partial charge in [0.05, 0.1) is 10.0 Å². The minimum Gasteiger partial charge on any atom is -0.505 e. The molecule has 2 nitrogen and oxygen atoms in total. The molecule has 0 aliphatic heterocycles. The van der Waals surface area contributed by atoms with E-state index in [1.54, 1.807) is 12.1 Å². The van der Waals surface area contributed by atoms with E-state index in [1.165, 1.54) is 0 Å². The van der Waals surface area contributed by atoms with Crippen molar-refractivity contribution in [3.8, 4) is 5.75 Å². The molecule has 1 rings (SSSR count). The Bertz CT molecular complexity index is 276. The van der Waals surface area contributed by atoms with Gasteiger partial charge in [0.15, 0.2) is 5.75 Å². The predicted octanol–water partition coefficient (Wildman–Crippen LogP) is 2.72. The van der Waals surface area contributed by atoms with Crippen LogP contribution in [0.5, 0.6) is 5.75 Å². The fraction of sp³-hybridized carbons (Fsp3) is 0.250. The monoisotopic (exact) mass is 205 g/mol. The van der Waals surface area contributed by atoms with Crippen molar-refractivity contribution in [2.45, 2.75) is 13.0 Å². The van der Waals surface area contributed by atoms with Gasteiger partial charge in [-0.2, -0.15) is 0 Å². The zero-order chi connectivity index (χ0) is 9.30. The molecule has 66 valence electrons. The molecule has 0 radical (unpaired) electrons. The van der Waals surface area contributed by atoms with Gasteiger partial charge >= 0.3 is 0 Å². The smallest absolute Gasteiger partial charge is 0.152 e. The molecule has 0 bridgehead atoms. The van der Waals surface area contributed by atoms with Crippen molar-refractivity contribution in [1.29, 1.82) is 0 Å². The Morgan fingerprint density at radius 2 is 1.75 bits per heavy atom. The second-order valence-corrected chi connectivity index (χ2v) is 3.44. The molecule has 0 saturated heterocycles. The van der Waals surface area contributed by atoms with E-state index in [0.29, 0.717) is 0 Å². The largest absolute Gasteiger partial charge is 0.505 e. The molecule has 0 aliphatic carbocycles. The maximum absolute atomic E-state index is 9.21. The summed E-state index contributed by atoms with van der Waals surface area (Å²) in [4.78, 5) is 0. The fourth-order valence-electron chi connectivity index (χ4n) is 0.848. The van der Waals surface area contributed by atoms with E-state index >= 15 is 0 Å². The summed E-state index contributed by atoms with van der Waals surface area (Å²) in [5, 5.41) is 9.67. The van der Waals surface area contributed by atoms with E-state index in [1.807, 2.05) is 6.92 Å². The molecule has 1 aromatic rings. The molecule has 0 spiro atoms. The van der Waals surface area contributed by atoms with Crippen molar-refractivity contribution < 1.29 is 5.11 Å². The lowest BCUT2D eigenvalue weighted by molar-refractivity contribution is 0.475. The molecule has 0 fully saturated rings. The van der Waals surface area contributed by atoms with E-state index in [4.69, 9.17) is 28.9 Å². The van der Waals surface area contributed by atoms with Gasteiger partial charge in [0.2, 0.25) is 0 Å². The summed E-state index contributed by atoms with van der Waals surface area (Å²) in [6, 6.07) is 3.07. The first kappa shape index (κ1) is 9.65. The van der Waals surface area contributed by atoms with Crippen LogP contribution in [0, 0.1) is 0 Å². The van der Waals surface area contributed by atoms with Crippen LogP contribution in [0.3, 0.4) is 0 Å². The van der Waals surface area contributed by atoms with Crippen LogP contribution in [-0.2, 0) is 0 Å². The summed E-state index contributed by atoms with van der Waals surface area (Å²) in [6.07, 6.45) is 0. The van der Waals surface area contributed by atoms with Gasteiger partial charge in [-0.05, 0) is 24.6 Å². The van der Waals surface area contributed by atoms with Gasteiger partial charge in [-0.1, -0.05) is 23.2 Å². The summed E-state index contributed by atoms with van der Waals surface area (Å²) in [5.74, 6) is -0.0947. The van der Waals surface area contributed by atoms with Crippen molar-refractivity contribution in [3.05, 3.63) is 27.7 Å². The van der Waals surface area contributed by atoms with Gasteiger partial charge in [0.25, 0.3) is 0 Å². The number of hydrogen-bond donors (Lipinski definition) is 2. The van der Waals surface area contributed by atoms with Crippen LogP contribution in [0.2, 0.25) is 10.0 Å². The normalized spacial score (nSPS) is 13.0. The molecule has 1 unspecified atom stereocenters. The maximum Gasteiger partial charge on any atom is 0.152 e. The summed E-state index contributed by atoms with van der Waals surface area (Å²) in [5.41, 5.74) is 6.41. The first-order chi connectivity index (χ1) is 5.52. The average Bonchev–Trinajstić information content (AvgIpc) is 1.99. The Kier molecular flexibility index (Phi) is 2.83. The van der Waals surface area contributed by atoms with E-state index in [9.17, 15) is 5.11 Å². The molecule has 4 heteroatoms. The number of rotatable bonds is 1. The summed E-state index contributed by atoms with van der Waals surface area (Å²) in [7, 11) is 0. The second-order valence-electron chi connectivity index (χ2n) is 2.62. The summed E-state index contributed by atoms with van der Waals surface area (Å²) >= 11 is 11.3. The first-order valence-electron chi connectivity index (χ1n) is 3.46. The van der Waals surface area contributed by atoms with E-state index in [2.05, 4.69) is 0 Å². The minimum atomic E-state index is -0.138. The highest BCUT2D eigenvalue weighted by Crippen LogP contribution is 2.33. The van der Waals surface area contributed by atoms with Crippen LogP contribution in [0.1, 0.15) is 18.5 Å². The fourth-order valence-corrected chi connectivity index (χ4v) is 1.35. The molecule has 12 heavy (non-hydrogen) atoms. The zero-order valence-electron chi connectivity index (χ0n) is 6.51. The van der Waals surface area contributed by atoms with E-state index in [0.717, 1.165) is 5.56 Å². The molecular weight excluding hydrogens is 197 g/mol. The van der Waals surface area contributed by atoms with Crippen molar-refractivity contribution >= 4 is 23.2 Å². The van der Waals surface area contributed by atoms with Crippen LogP contribution < -0.4 is 5.73 Å². The molecule has 0 saturated carbocycles. The first-order valence-corrected chi connectivity index (χ1v) is 4.21. The zero-order valence-corrected chi connectivity index (χ0v) is 8.02. The SMILES string of the molecule is CC(N)c1cc(Cl)c(O)c(Cl)c1. The van der Waals surface area contributed by atoms with Gasteiger partial charge in [-0.15, -0.1) is 0 Å². The van der Waals surface area contributed by atoms with Crippen LogP contribution in [0.15, 0.2) is 12.1 Å². The molecule has 0 amide bonds. The number of phenols is 1. The Labute approximate surface area is 80.9 Å². The second kappa shape index (κ2) is 3.52. The Morgan fingerprint density at radius 1 is 1.33 bits per heavy atom. The van der Waals surface area contributed by atoms with Crippen molar-refractivity contribution in [2.24, 2.45) is 5.73 Å².